The van der Waals surface area contributed by atoms with Crippen LogP contribution >= 0.6 is 23.4 Å². The first-order valence-corrected chi connectivity index (χ1v) is 7.49. The number of nitrogens with one attached hydrogen (secondary N) is 1. The molecule has 0 spiro atoms. The van der Waals surface area contributed by atoms with Gasteiger partial charge in [-0.25, -0.2) is 4.98 Å². The molecule has 0 radical (unpaired) electrons. The van der Waals surface area contributed by atoms with E-state index in [-0.39, 0.29) is 0 Å². The number of hydrogen-bond acceptors (Lipinski definition) is 5. The van der Waals surface area contributed by atoms with Gasteiger partial charge >= 0.3 is 0 Å². The predicted molar refractivity (Wildman–Crippen MR) is 83.3 cm³/mol. The maximum absolute atomic E-state index is 5.97. The average molecular weight is 321 g/mol. The van der Waals surface area contributed by atoms with E-state index < -0.39 is 0 Å². The number of rotatable bonds is 3. The van der Waals surface area contributed by atoms with Crippen LogP contribution in [0.5, 0.6) is 5.75 Å². The van der Waals surface area contributed by atoms with Crippen LogP contribution in [-0.2, 0) is 0 Å². The maximum Gasteiger partial charge on any atom is 0.172 e. The first-order chi connectivity index (χ1) is 10.1. The molecule has 5 nitrogen and oxygen atoms in total. The number of benzene rings is 1. The molecule has 0 aliphatic carbocycles. The van der Waals surface area contributed by atoms with Gasteiger partial charge in [0.2, 0.25) is 0 Å². The second-order valence-corrected chi connectivity index (χ2v) is 5.91. The van der Waals surface area contributed by atoms with Gasteiger partial charge in [-0.15, -0.1) is 10.2 Å². The molecule has 3 aromatic rings. The van der Waals surface area contributed by atoms with Gasteiger partial charge in [-0.1, -0.05) is 11.6 Å². The second-order valence-electron chi connectivity index (χ2n) is 4.57. The van der Waals surface area contributed by atoms with Gasteiger partial charge in [0.1, 0.15) is 10.8 Å². The average Bonchev–Trinajstić information content (AvgIpc) is 2.89. The first kappa shape index (κ1) is 14.2. The highest BCUT2D eigenvalue weighted by atomic mass is 35.5. The van der Waals surface area contributed by atoms with Crippen molar-refractivity contribution in [2.45, 2.75) is 24.0 Å². The summed E-state index contributed by atoms with van der Waals surface area (Å²) in [5.41, 5.74) is 3.76. The van der Waals surface area contributed by atoms with Gasteiger partial charge in [-0.2, -0.15) is 0 Å². The molecule has 0 atom stereocenters. The fourth-order valence-corrected chi connectivity index (χ4v) is 2.94. The Morgan fingerprint density at radius 3 is 2.76 bits per heavy atom. The Morgan fingerprint density at radius 2 is 2.00 bits per heavy atom. The number of aromatic amines is 1. The molecule has 0 aliphatic heterocycles. The molecule has 2 heterocycles. The standard InChI is InChI=1S/C14H13ClN4OS/c1-7-8(2)13(19-18-12(7)15)21-14-16-10-5-4-9(20-3)6-11(10)17-14/h4-6H,1-3H3,(H,16,17). The molecule has 0 bridgehead atoms. The van der Waals surface area contributed by atoms with Gasteiger partial charge in [0.05, 0.1) is 18.1 Å². The number of halogens is 1. The van der Waals surface area contributed by atoms with E-state index in [9.17, 15) is 0 Å². The first-order valence-electron chi connectivity index (χ1n) is 6.29. The van der Waals surface area contributed by atoms with Crippen LogP contribution in [0.4, 0.5) is 0 Å². The number of nitrogens with zero attached hydrogens (tertiary/aromatic N) is 3. The fraction of sp³-hybridized carbons (Fsp3) is 0.214. The summed E-state index contributed by atoms with van der Waals surface area (Å²) < 4.78 is 5.21. The van der Waals surface area contributed by atoms with E-state index >= 15 is 0 Å². The summed E-state index contributed by atoms with van der Waals surface area (Å²) in [6.45, 7) is 3.91. The van der Waals surface area contributed by atoms with Gasteiger partial charge in [0.25, 0.3) is 0 Å². The van der Waals surface area contributed by atoms with E-state index in [1.54, 1.807) is 7.11 Å². The maximum atomic E-state index is 5.97. The number of aromatic nitrogens is 4. The number of fused-ring (bicyclic) bond motifs is 1. The minimum atomic E-state index is 0.436. The SMILES string of the molecule is COc1ccc2nc(Sc3nnc(Cl)c(C)c3C)[nH]c2c1. The Bertz CT molecular complexity index is 818. The zero-order valence-corrected chi connectivity index (χ0v) is 13.3. The van der Waals surface area contributed by atoms with Crippen molar-refractivity contribution in [3.8, 4) is 5.75 Å². The summed E-state index contributed by atoms with van der Waals surface area (Å²) in [5, 5.41) is 10.1. The molecule has 0 amide bonds. The molecule has 0 unspecified atom stereocenters. The van der Waals surface area contributed by atoms with Crippen molar-refractivity contribution in [3.63, 3.8) is 0 Å². The highest BCUT2D eigenvalue weighted by molar-refractivity contribution is 7.99. The van der Waals surface area contributed by atoms with Crippen LogP contribution in [0.1, 0.15) is 11.1 Å². The highest BCUT2D eigenvalue weighted by Crippen LogP contribution is 2.31. The van der Waals surface area contributed by atoms with E-state index in [1.165, 1.54) is 11.8 Å². The Labute approximate surface area is 131 Å². The third kappa shape index (κ3) is 2.69. The minimum Gasteiger partial charge on any atom is -0.497 e. The molecule has 2 aromatic heterocycles. The summed E-state index contributed by atoms with van der Waals surface area (Å²) in [7, 11) is 1.64. The quantitative estimate of drug-likeness (QED) is 0.795. The van der Waals surface area contributed by atoms with Crippen molar-refractivity contribution in [3.05, 3.63) is 34.5 Å². The van der Waals surface area contributed by atoms with Crippen LogP contribution in [0, 0.1) is 13.8 Å². The van der Waals surface area contributed by atoms with E-state index in [1.807, 2.05) is 32.0 Å². The van der Waals surface area contributed by atoms with Gasteiger partial charge in [0, 0.05) is 6.07 Å². The summed E-state index contributed by atoms with van der Waals surface area (Å²) >= 11 is 7.40. The molecule has 21 heavy (non-hydrogen) atoms. The van der Waals surface area contributed by atoms with E-state index in [0.29, 0.717) is 5.15 Å². The predicted octanol–water partition coefficient (Wildman–Crippen LogP) is 3.78. The lowest BCUT2D eigenvalue weighted by Gasteiger charge is -2.05. The van der Waals surface area contributed by atoms with E-state index in [2.05, 4.69) is 20.2 Å². The molecule has 1 aromatic carbocycles. The number of ether oxygens (including phenoxy) is 1. The van der Waals surface area contributed by atoms with Crippen LogP contribution in [0.3, 0.4) is 0 Å². The smallest absolute Gasteiger partial charge is 0.172 e. The van der Waals surface area contributed by atoms with Gasteiger partial charge < -0.3 is 9.72 Å². The molecule has 0 saturated heterocycles. The van der Waals surface area contributed by atoms with Crippen molar-refractivity contribution in [1.29, 1.82) is 0 Å². The second kappa shape index (κ2) is 5.54. The molecular formula is C14H13ClN4OS. The van der Waals surface area contributed by atoms with Gasteiger partial charge in [-0.05, 0) is 48.9 Å². The van der Waals surface area contributed by atoms with Crippen LogP contribution in [0.2, 0.25) is 5.15 Å². The third-order valence-electron chi connectivity index (χ3n) is 3.28. The van der Waals surface area contributed by atoms with Crippen molar-refractivity contribution < 1.29 is 4.74 Å². The van der Waals surface area contributed by atoms with Crippen LogP contribution < -0.4 is 4.74 Å². The molecule has 0 saturated carbocycles. The summed E-state index contributed by atoms with van der Waals surface area (Å²) in [6.07, 6.45) is 0. The van der Waals surface area contributed by atoms with Crippen molar-refractivity contribution >= 4 is 34.4 Å². The zero-order chi connectivity index (χ0) is 15.0. The highest BCUT2D eigenvalue weighted by Gasteiger charge is 2.12. The Balaban J connectivity index is 1.96. The van der Waals surface area contributed by atoms with Crippen molar-refractivity contribution in [1.82, 2.24) is 20.2 Å². The lowest BCUT2D eigenvalue weighted by atomic mass is 10.2. The molecule has 1 N–H and O–H groups in total. The molecule has 7 heteroatoms. The van der Waals surface area contributed by atoms with Crippen LogP contribution in [0.25, 0.3) is 11.0 Å². The van der Waals surface area contributed by atoms with Gasteiger partial charge in [0.15, 0.2) is 10.3 Å². The number of H-pyrrole nitrogens is 1. The van der Waals surface area contributed by atoms with Crippen LogP contribution in [0.15, 0.2) is 28.4 Å². The molecule has 108 valence electrons. The van der Waals surface area contributed by atoms with Gasteiger partial charge in [-0.3, -0.25) is 0 Å². The van der Waals surface area contributed by atoms with Crippen molar-refractivity contribution in [2.75, 3.05) is 7.11 Å². The third-order valence-corrected chi connectivity index (χ3v) is 4.61. The summed E-state index contributed by atoms with van der Waals surface area (Å²) in [5.74, 6) is 0.793. The number of hydrogen-bond donors (Lipinski definition) is 1. The Hall–Kier alpha value is -1.79. The fourth-order valence-electron chi connectivity index (χ4n) is 1.88. The largest absolute Gasteiger partial charge is 0.497 e. The molecular weight excluding hydrogens is 308 g/mol. The summed E-state index contributed by atoms with van der Waals surface area (Å²) in [6, 6.07) is 5.72. The summed E-state index contributed by atoms with van der Waals surface area (Å²) in [4.78, 5) is 7.78. The van der Waals surface area contributed by atoms with E-state index in [4.69, 9.17) is 16.3 Å². The van der Waals surface area contributed by atoms with Crippen LogP contribution in [-0.4, -0.2) is 27.3 Å². The van der Waals surface area contributed by atoms with Crippen molar-refractivity contribution in [2.24, 2.45) is 0 Å². The number of methoxy groups -OCH3 is 1. The molecule has 0 fully saturated rings. The topological polar surface area (TPSA) is 63.7 Å². The lowest BCUT2D eigenvalue weighted by Crippen LogP contribution is -1.95. The normalized spacial score (nSPS) is 11.0. The Morgan fingerprint density at radius 1 is 1.19 bits per heavy atom. The monoisotopic (exact) mass is 320 g/mol. The molecule has 0 aliphatic rings. The lowest BCUT2D eigenvalue weighted by molar-refractivity contribution is 0.415. The minimum absolute atomic E-state index is 0.436. The van der Waals surface area contributed by atoms with E-state index in [0.717, 1.165) is 38.1 Å². The molecule has 3 rings (SSSR count). The zero-order valence-electron chi connectivity index (χ0n) is 11.8. The number of imidazole rings is 1. The Kier molecular flexibility index (Phi) is 3.73.